The van der Waals surface area contributed by atoms with Crippen molar-refractivity contribution in [3.05, 3.63) is 54.2 Å². The van der Waals surface area contributed by atoms with Crippen LogP contribution >= 0.6 is 0 Å². The predicted octanol–water partition coefficient (Wildman–Crippen LogP) is 2.62. The molecule has 0 saturated carbocycles. The first kappa shape index (κ1) is 22.5. The molecule has 2 aromatic carbocycles. The zero-order valence-corrected chi connectivity index (χ0v) is 19.2. The fraction of sp³-hybridized carbons (Fsp3) is 0.400. The number of hydrogen-bond acceptors (Lipinski definition) is 9. The van der Waals surface area contributed by atoms with E-state index in [1.54, 1.807) is 6.21 Å². The molecule has 9 nitrogen and oxygen atoms in total. The zero-order valence-electron chi connectivity index (χ0n) is 19.2. The second kappa shape index (κ2) is 11.2. The van der Waals surface area contributed by atoms with Crippen molar-refractivity contribution >= 4 is 28.5 Å². The summed E-state index contributed by atoms with van der Waals surface area (Å²) in [6.45, 7) is 7.69. The molecular weight excluding hydrogens is 432 g/mol. The van der Waals surface area contributed by atoms with Crippen molar-refractivity contribution in [2.24, 2.45) is 5.10 Å². The first-order chi connectivity index (χ1) is 16.8. The first-order valence-electron chi connectivity index (χ1n) is 11.8. The molecule has 0 atom stereocenters. The van der Waals surface area contributed by atoms with Gasteiger partial charge < -0.3 is 19.1 Å². The van der Waals surface area contributed by atoms with Gasteiger partial charge in [-0.05, 0) is 22.9 Å². The van der Waals surface area contributed by atoms with E-state index in [1.165, 1.54) is 5.39 Å². The smallest absolute Gasteiger partial charge is 0.319 e. The Morgan fingerprint density at radius 1 is 0.912 bits per heavy atom. The predicted molar refractivity (Wildman–Crippen MR) is 133 cm³/mol. The van der Waals surface area contributed by atoms with Crippen LogP contribution in [0, 0.1) is 0 Å². The van der Waals surface area contributed by atoms with Crippen molar-refractivity contribution < 1.29 is 14.2 Å². The van der Waals surface area contributed by atoms with E-state index in [9.17, 15) is 0 Å². The van der Waals surface area contributed by atoms with Crippen LogP contribution in [-0.2, 0) is 9.47 Å². The molecule has 0 radical (unpaired) electrons. The molecule has 1 N–H and O–H groups in total. The summed E-state index contributed by atoms with van der Waals surface area (Å²) in [5, 5.41) is 6.77. The Hall–Kier alpha value is -3.27. The topological polar surface area (TPSA) is 84.3 Å². The van der Waals surface area contributed by atoms with E-state index >= 15 is 0 Å². The monoisotopic (exact) mass is 462 g/mol. The summed E-state index contributed by atoms with van der Waals surface area (Å²) in [7, 11) is 0. The van der Waals surface area contributed by atoms with E-state index in [1.807, 2.05) is 24.3 Å². The molecule has 2 aliphatic heterocycles. The van der Waals surface area contributed by atoms with Gasteiger partial charge in [0.15, 0.2) is 0 Å². The molecule has 5 rings (SSSR count). The molecule has 3 aromatic rings. The number of nitrogens with one attached hydrogen (secondary N) is 1. The van der Waals surface area contributed by atoms with E-state index in [0.717, 1.165) is 62.8 Å². The maximum atomic E-state index is 5.95. The van der Waals surface area contributed by atoms with Gasteiger partial charge >= 0.3 is 6.01 Å². The maximum absolute atomic E-state index is 5.95. The number of hydrazone groups is 1. The average molecular weight is 463 g/mol. The van der Waals surface area contributed by atoms with Crippen molar-refractivity contribution in [1.29, 1.82) is 0 Å². The Morgan fingerprint density at radius 2 is 1.68 bits per heavy atom. The molecule has 9 heteroatoms. The number of nitrogens with zero attached hydrogens (tertiary/aromatic N) is 5. The van der Waals surface area contributed by atoms with E-state index < -0.39 is 0 Å². The summed E-state index contributed by atoms with van der Waals surface area (Å²) >= 11 is 0. The number of rotatable bonds is 8. The molecule has 34 heavy (non-hydrogen) atoms. The molecule has 0 aliphatic carbocycles. The summed E-state index contributed by atoms with van der Waals surface area (Å²) in [5.74, 6) is 0.826. The molecule has 1 aromatic heterocycles. The second-order valence-electron chi connectivity index (χ2n) is 8.27. The lowest BCUT2D eigenvalue weighted by Crippen LogP contribution is -2.39. The molecule has 0 unspecified atom stereocenters. The molecular formula is C25H30N6O3. The van der Waals surface area contributed by atoms with Crippen molar-refractivity contribution in [3.8, 4) is 6.01 Å². The van der Waals surface area contributed by atoms with Gasteiger partial charge in [0.2, 0.25) is 0 Å². The van der Waals surface area contributed by atoms with Gasteiger partial charge in [0.25, 0.3) is 0 Å². The fourth-order valence-electron chi connectivity index (χ4n) is 4.04. The van der Waals surface area contributed by atoms with Crippen LogP contribution in [0.15, 0.2) is 53.6 Å². The van der Waals surface area contributed by atoms with E-state index in [0.29, 0.717) is 31.5 Å². The highest BCUT2D eigenvalue weighted by Crippen LogP contribution is 2.20. The molecule has 3 heterocycles. The number of benzene rings is 2. The van der Waals surface area contributed by atoms with Gasteiger partial charge in [-0.3, -0.25) is 10.3 Å². The lowest BCUT2D eigenvalue weighted by molar-refractivity contribution is 0.0317. The van der Waals surface area contributed by atoms with Crippen molar-refractivity contribution in [2.45, 2.75) is 0 Å². The van der Waals surface area contributed by atoms with Gasteiger partial charge in [0.05, 0.1) is 44.0 Å². The van der Waals surface area contributed by atoms with Crippen LogP contribution in [0.5, 0.6) is 6.01 Å². The largest absolute Gasteiger partial charge is 0.462 e. The zero-order chi connectivity index (χ0) is 23.0. The third-order valence-electron chi connectivity index (χ3n) is 5.93. The van der Waals surface area contributed by atoms with Crippen LogP contribution in [0.4, 0.5) is 11.5 Å². The summed E-state index contributed by atoms with van der Waals surface area (Å²) in [5.41, 5.74) is 4.71. The Labute approximate surface area is 199 Å². The van der Waals surface area contributed by atoms with Crippen molar-refractivity contribution in [2.75, 3.05) is 76.1 Å². The molecule has 0 bridgehead atoms. The highest BCUT2D eigenvalue weighted by molar-refractivity contribution is 5.86. The van der Waals surface area contributed by atoms with Gasteiger partial charge in [-0.1, -0.05) is 30.3 Å². The van der Waals surface area contributed by atoms with Crippen LogP contribution in [0.3, 0.4) is 0 Å². The number of fused-ring (bicyclic) bond motifs is 1. The van der Waals surface area contributed by atoms with E-state index in [-0.39, 0.29) is 0 Å². The second-order valence-corrected chi connectivity index (χ2v) is 8.27. The molecule has 2 saturated heterocycles. The lowest BCUT2D eigenvalue weighted by atomic mass is 10.1. The number of hydrogen-bond donors (Lipinski definition) is 1. The lowest BCUT2D eigenvalue weighted by Gasteiger charge is -2.28. The van der Waals surface area contributed by atoms with Gasteiger partial charge in [-0.15, -0.1) is 0 Å². The highest BCUT2D eigenvalue weighted by Gasteiger charge is 2.16. The maximum Gasteiger partial charge on any atom is 0.319 e. The average Bonchev–Trinajstić information content (AvgIpc) is 2.90. The molecule has 2 aliphatic rings. The minimum absolute atomic E-state index is 0.365. The quantitative estimate of drug-likeness (QED) is 0.404. The molecule has 0 amide bonds. The van der Waals surface area contributed by atoms with Crippen molar-refractivity contribution in [1.82, 2.24) is 14.9 Å². The third-order valence-corrected chi connectivity index (χ3v) is 5.93. The molecule has 2 fully saturated rings. The van der Waals surface area contributed by atoms with Gasteiger partial charge in [-0.2, -0.15) is 15.1 Å². The standard InChI is InChI=1S/C25H30N6O3/c1-2-4-21-17-22(6-5-20(21)3-1)29-26-19-23-18-24(31-10-14-33-15-11-31)28-25(27-23)34-16-9-30-7-12-32-13-8-30/h1-6,17-19,29H,7-16H2/b26-19+. The van der Waals surface area contributed by atoms with Gasteiger partial charge in [-0.25, -0.2) is 0 Å². The summed E-state index contributed by atoms with van der Waals surface area (Å²) < 4.78 is 16.8. The summed E-state index contributed by atoms with van der Waals surface area (Å²) in [6.07, 6.45) is 1.70. The Kier molecular flexibility index (Phi) is 7.44. The van der Waals surface area contributed by atoms with Gasteiger partial charge in [0.1, 0.15) is 12.4 Å². The summed E-state index contributed by atoms with van der Waals surface area (Å²) in [6, 6.07) is 16.7. The number of ether oxygens (including phenoxy) is 3. The third kappa shape index (κ3) is 5.99. The molecule has 178 valence electrons. The Bertz CT molecular complexity index is 1110. The minimum Gasteiger partial charge on any atom is -0.462 e. The Morgan fingerprint density at radius 3 is 2.50 bits per heavy atom. The Balaban J connectivity index is 1.28. The number of aromatic nitrogens is 2. The van der Waals surface area contributed by atoms with Crippen LogP contribution in [0.25, 0.3) is 10.8 Å². The highest BCUT2D eigenvalue weighted by atomic mass is 16.5. The van der Waals surface area contributed by atoms with Crippen LogP contribution in [-0.4, -0.2) is 86.8 Å². The van der Waals surface area contributed by atoms with Crippen LogP contribution < -0.4 is 15.1 Å². The van der Waals surface area contributed by atoms with E-state index in [4.69, 9.17) is 14.2 Å². The van der Waals surface area contributed by atoms with Gasteiger partial charge in [0, 0.05) is 38.8 Å². The fourth-order valence-corrected chi connectivity index (χ4v) is 4.04. The molecule has 0 spiro atoms. The van der Waals surface area contributed by atoms with Crippen LogP contribution in [0.2, 0.25) is 0 Å². The number of anilines is 2. The SMILES string of the molecule is C(=N\Nc1ccc2ccccc2c1)/c1cc(N2CCOCC2)nc(OCCN2CCOCC2)n1. The number of morpholine rings is 2. The summed E-state index contributed by atoms with van der Waals surface area (Å²) in [4.78, 5) is 13.7. The van der Waals surface area contributed by atoms with E-state index in [2.05, 4.69) is 54.6 Å². The van der Waals surface area contributed by atoms with Crippen molar-refractivity contribution in [3.63, 3.8) is 0 Å². The first-order valence-corrected chi connectivity index (χ1v) is 11.8. The van der Waals surface area contributed by atoms with Crippen LogP contribution in [0.1, 0.15) is 5.69 Å². The normalized spacial score (nSPS) is 17.4. The minimum atomic E-state index is 0.365.